The number of nitrogens with one attached hydrogen (secondary N) is 1. The molecule has 0 saturated heterocycles. The molecule has 1 aliphatic rings. The van der Waals surface area contributed by atoms with Crippen LogP contribution in [0.25, 0.3) is 11.2 Å². The number of aromatic nitrogens is 3. The molecule has 1 aliphatic carbocycles. The third kappa shape index (κ3) is 3.27. The number of carbonyl (C=O) groups excluding carboxylic acids is 1. The van der Waals surface area contributed by atoms with Crippen molar-refractivity contribution in [2.24, 2.45) is 0 Å². The summed E-state index contributed by atoms with van der Waals surface area (Å²) in [5.74, 6) is 0.632. The van der Waals surface area contributed by atoms with Crippen molar-refractivity contribution in [1.29, 1.82) is 0 Å². The summed E-state index contributed by atoms with van der Waals surface area (Å²) in [6.45, 7) is 1.98. The van der Waals surface area contributed by atoms with Crippen molar-refractivity contribution in [3.8, 4) is 0 Å². The fourth-order valence-electron chi connectivity index (χ4n) is 3.24. The smallest absolute Gasteiger partial charge is 0.227 e. The van der Waals surface area contributed by atoms with Gasteiger partial charge in [-0.15, -0.1) is 0 Å². The van der Waals surface area contributed by atoms with E-state index in [1.807, 2.05) is 49.4 Å². The second-order valence-corrected chi connectivity index (χ2v) is 6.72. The van der Waals surface area contributed by atoms with E-state index in [0.717, 1.165) is 36.1 Å². The van der Waals surface area contributed by atoms with E-state index in [-0.39, 0.29) is 5.91 Å². The summed E-state index contributed by atoms with van der Waals surface area (Å²) in [7, 11) is 0. The minimum Gasteiger partial charge on any atom is -0.296 e. The Morgan fingerprint density at radius 3 is 2.68 bits per heavy atom. The predicted octanol–water partition coefficient (Wildman–Crippen LogP) is 4.04. The van der Waals surface area contributed by atoms with Gasteiger partial charge in [0.05, 0.1) is 0 Å². The number of amides is 1. The van der Waals surface area contributed by atoms with E-state index in [1.165, 1.54) is 12.0 Å². The fraction of sp³-hybridized carbons (Fsp3) is 0.350. The summed E-state index contributed by atoms with van der Waals surface area (Å²) < 4.78 is 2.12. The number of fused-ring (bicyclic) bond motifs is 1. The Hall–Kier alpha value is -2.69. The Morgan fingerprint density at radius 1 is 1.16 bits per heavy atom. The number of rotatable bonds is 5. The van der Waals surface area contributed by atoms with Gasteiger partial charge in [-0.3, -0.25) is 14.7 Å². The van der Waals surface area contributed by atoms with E-state index in [0.29, 0.717) is 18.4 Å². The van der Waals surface area contributed by atoms with Crippen molar-refractivity contribution in [1.82, 2.24) is 14.5 Å². The predicted molar refractivity (Wildman–Crippen MR) is 98.5 cm³/mol. The molecule has 0 bridgehead atoms. The van der Waals surface area contributed by atoms with Crippen LogP contribution >= 0.6 is 0 Å². The Morgan fingerprint density at radius 2 is 1.96 bits per heavy atom. The van der Waals surface area contributed by atoms with Crippen molar-refractivity contribution >= 4 is 23.0 Å². The summed E-state index contributed by atoms with van der Waals surface area (Å²) in [6, 6.07) is 14.4. The molecule has 5 heteroatoms. The summed E-state index contributed by atoms with van der Waals surface area (Å²) in [6.07, 6.45) is 4.64. The first kappa shape index (κ1) is 15.8. The van der Waals surface area contributed by atoms with Crippen molar-refractivity contribution < 1.29 is 4.79 Å². The van der Waals surface area contributed by atoms with Gasteiger partial charge >= 0.3 is 0 Å². The lowest BCUT2D eigenvalue weighted by Gasteiger charge is -2.28. The van der Waals surface area contributed by atoms with Crippen LogP contribution in [-0.2, 0) is 11.2 Å². The molecule has 3 aromatic rings. The van der Waals surface area contributed by atoms with Gasteiger partial charge in [0.2, 0.25) is 11.9 Å². The monoisotopic (exact) mass is 334 g/mol. The van der Waals surface area contributed by atoms with Gasteiger partial charge in [-0.25, -0.2) is 9.97 Å². The molecule has 0 atom stereocenters. The number of hydrogen-bond acceptors (Lipinski definition) is 3. The molecule has 0 spiro atoms. The van der Waals surface area contributed by atoms with Gasteiger partial charge in [0.25, 0.3) is 0 Å². The number of hydrogen-bond donors (Lipinski definition) is 1. The Kier molecular flexibility index (Phi) is 4.22. The Balaban J connectivity index is 1.55. The molecule has 1 fully saturated rings. The highest BCUT2D eigenvalue weighted by molar-refractivity contribution is 5.91. The van der Waals surface area contributed by atoms with E-state index >= 15 is 0 Å². The zero-order chi connectivity index (χ0) is 17.2. The molecule has 0 radical (unpaired) electrons. The van der Waals surface area contributed by atoms with Crippen molar-refractivity contribution in [2.75, 3.05) is 5.32 Å². The highest BCUT2D eigenvalue weighted by Crippen LogP contribution is 2.36. The summed E-state index contributed by atoms with van der Waals surface area (Å²) in [5, 5.41) is 3.01. The van der Waals surface area contributed by atoms with E-state index in [9.17, 15) is 4.79 Å². The number of aryl methyl sites for hydroxylation is 2. The maximum atomic E-state index is 12.4. The lowest BCUT2D eigenvalue weighted by Crippen LogP contribution is -2.22. The number of anilines is 1. The lowest BCUT2D eigenvalue weighted by atomic mass is 9.93. The van der Waals surface area contributed by atoms with Crippen LogP contribution in [0, 0.1) is 6.92 Å². The second kappa shape index (κ2) is 6.67. The molecule has 128 valence electrons. The summed E-state index contributed by atoms with van der Waals surface area (Å²) in [4.78, 5) is 21.7. The molecule has 2 heterocycles. The quantitative estimate of drug-likeness (QED) is 0.766. The zero-order valence-corrected chi connectivity index (χ0v) is 14.4. The number of benzene rings is 1. The fourth-order valence-corrected chi connectivity index (χ4v) is 3.24. The summed E-state index contributed by atoms with van der Waals surface area (Å²) in [5.41, 5.74) is 3.86. The molecule has 1 amide bonds. The number of imidazole rings is 1. The van der Waals surface area contributed by atoms with Crippen LogP contribution in [0.4, 0.5) is 5.95 Å². The first-order valence-corrected chi connectivity index (χ1v) is 8.90. The van der Waals surface area contributed by atoms with Crippen molar-refractivity contribution in [2.45, 2.75) is 45.1 Å². The van der Waals surface area contributed by atoms with Crippen LogP contribution in [0.1, 0.15) is 43.0 Å². The molecule has 0 aliphatic heterocycles. The number of carbonyl (C=O) groups is 1. The molecule has 5 nitrogen and oxygen atoms in total. The molecule has 1 N–H and O–H groups in total. The maximum absolute atomic E-state index is 12.4. The highest BCUT2D eigenvalue weighted by Gasteiger charge is 2.26. The van der Waals surface area contributed by atoms with Gasteiger partial charge in [-0.05, 0) is 50.3 Å². The molecule has 2 aromatic heterocycles. The molecule has 1 saturated carbocycles. The lowest BCUT2D eigenvalue weighted by molar-refractivity contribution is -0.116. The van der Waals surface area contributed by atoms with E-state index < -0.39 is 0 Å². The van der Waals surface area contributed by atoms with Crippen molar-refractivity contribution in [3.05, 3.63) is 53.7 Å². The number of nitrogens with zero attached hydrogens (tertiary/aromatic N) is 3. The Labute approximate surface area is 147 Å². The molecular formula is C20H22N4O. The molecule has 25 heavy (non-hydrogen) atoms. The van der Waals surface area contributed by atoms with Gasteiger partial charge in [-0.2, -0.15) is 0 Å². The third-order valence-electron chi connectivity index (χ3n) is 4.85. The second-order valence-electron chi connectivity index (χ2n) is 6.72. The van der Waals surface area contributed by atoms with E-state index in [1.54, 1.807) is 0 Å². The van der Waals surface area contributed by atoms with Gasteiger partial charge in [-0.1, -0.05) is 30.3 Å². The normalized spacial score (nSPS) is 14.4. The van der Waals surface area contributed by atoms with Crippen LogP contribution in [-0.4, -0.2) is 20.4 Å². The van der Waals surface area contributed by atoms with Crippen molar-refractivity contribution in [3.63, 3.8) is 0 Å². The summed E-state index contributed by atoms with van der Waals surface area (Å²) >= 11 is 0. The SMILES string of the molecule is Cc1ccc2nc(NC(=O)CCc3ccccc3)n(C3CCC3)c2n1. The standard InChI is InChI=1S/C20H22N4O/c1-14-10-12-17-19(21-14)24(16-8-5-9-16)20(22-17)23-18(25)13-11-15-6-3-2-4-7-15/h2-4,6-7,10,12,16H,5,8-9,11,13H2,1H3,(H,22,23,25). The first-order chi connectivity index (χ1) is 12.2. The van der Waals surface area contributed by atoms with E-state index in [4.69, 9.17) is 0 Å². The molecule has 0 unspecified atom stereocenters. The van der Waals surface area contributed by atoms with Gasteiger partial charge in [0.1, 0.15) is 5.52 Å². The first-order valence-electron chi connectivity index (χ1n) is 8.90. The van der Waals surface area contributed by atoms with Crippen LogP contribution in [0.5, 0.6) is 0 Å². The maximum Gasteiger partial charge on any atom is 0.227 e. The average Bonchev–Trinajstić information content (AvgIpc) is 2.90. The molecule has 4 rings (SSSR count). The molecule has 1 aromatic carbocycles. The minimum atomic E-state index is -0.00328. The average molecular weight is 334 g/mol. The van der Waals surface area contributed by atoms with Crippen LogP contribution in [0.2, 0.25) is 0 Å². The topological polar surface area (TPSA) is 59.8 Å². The molecular weight excluding hydrogens is 312 g/mol. The van der Waals surface area contributed by atoms with Crippen LogP contribution in [0.15, 0.2) is 42.5 Å². The Bertz CT molecular complexity index is 897. The van der Waals surface area contributed by atoms with Gasteiger partial charge in [0.15, 0.2) is 5.65 Å². The zero-order valence-electron chi connectivity index (χ0n) is 14.4. The van der Waals surface area contributed by atoms with E-state index in [2.05, 4.69) is 19.9 Å². The highest BCUT2D eigenvalue weighted by atomic mass is 16.1. The number of pyridine rings is 1. The van der Waals surface area contributed by atoms with Crippen LogP contribution < -0.4 is 5.32 Å². The minimum absolute atomic E-state index is 0.00328. The van der Waals surface area contributed by atoms with Gasteiger partial charge in [0, 0.05) is 18.2 Å². The largest absolute Gasteiger partial charge is 0.296 e. The third-order valence-corrected chi connectivity index (χ3v) is 4.85. The van der Waals surface area contributed by atoms with Crippen LogP contribution in [0.3, 0.4) is 0 Å². The van der Waals surface area contributed by atoms with Gasteiger partial charge < -0.3 is 0 Å².